The molecule has 6 N–H and O–H groups in total. The summed E-state index contributed by atoms with van der Waals surface area (Å²) in [6.45, 7) is 2.15. The summed E-state index contributed by atoms with van der Waals surface area (Å²) in [7, 11) is -10.8. The number of carbonyl (C=O) groups is 2. The van der Waals surface area contributed by atoms with Gasteiger partial charge in [-0.2, -0.15) is 9.29 Å². The summed E-state index contributed by atoms with van der Waals surface area (Å²) in [5.74, 6) is -1.33. The number of nitrogen functional groups attached to an aromatic ring is 1. The first-order valence-corrected chi connectivity index (χ1v) is 28.3. The number of anilines is 1. The van der Waals surface area contributed by atoms with Gasteiger partial charge in [0.1, 0.15) is 30.7 Å². The van der Waals surface area contributed by atoms with E-state index in [9.17, 15) is 43.5 Å². The molecular weight excluding hydrogens is 920 g/mol. The number of nitrogens with two attached hydrogens (primary N) is 1. The molecule has 0 radical (unpaired) electrons. The van der Waals surface area contributed by atoms with E-state index in [1.54, 1.807) is 0 Å². The molecule has 1 aliphatic heterocycles. The number of phosphoric acid groups is 2. The van der Waals surface area contributed by atoms with Crippen LogP contribution in [0.4, 0.5) is 5.82 Å². The molecule has 68 heavy (non-hydrogen) atoms. The van der Waals surface area contributed by atoms with E-state index in [2.05, 4.69) is 47.4 Å². The number of hydrogen-bond donors (Lipinski definition) is 5. The third kappa shape index (κ3) is 29.4. The highest BCUT2D eigenvalue weighted by atomic mass is 31.3. The molecule has 1 saturated heterocycles. The zero-order valence-corrected chi connectivity index (χ0v) is 42.7. The van der Waals surface area contributed by atoms with Crippen LogP contribution in [0.5, 0.6) is 0 Å². The van der Waals surface area contributed by atoms with Crippen molar-refractivity contribution in [3.05, 3.63) is 47.1 Å². The monoisotopic (exact) mass is 1010 g/mol. The Morgan fingerprint density at radius 1 is 0.706 bits per heavy atom. The summed E-state index contributed by atoms with van der Waals surface area (Å²) in [6, 6.07) is 1.25. The van der Waals surface area contributed by atoms with Gasteiger partial charge in [-0.15, -0.1) is 0 Å². The highest BCUT2D eigenvalue weighted by Crippen LogP contribution is 2.61. The van der Waals surface area contributed by atoms with Crippen LogP contribution < -0.4 is 11.4 Å². The van der Waals surface area contributed by atoms with Gasteiger partial charge in [-0.25, -0.2) is 13.9 Å². The molecule has 0 aliphatic carbocycles. The van der Waals surface area contributed by atoms with Gasteiger partial charge in [-0.05, 0) is 70.3 Å². The van der Waals surface area contributed by atoms with E-state index in [4.69, 9.17) is 29.0 Å². The van der Waals surface area contributed by atoms with E-state index in [0.29, 0.717) is 12.8 Å². The van der Waals surface area contributed by atoms with Gasteiger partial charge >= 0.3 is 33.3 Å². The molecule has 1 fully saturated rings. The van der Waals surface area contributed by atoms with Crippen molar-refractivity contribution >= 4 is 33.4 Å². The quantitative estimate of drug-likeness (QED) is 0.0176. The predicted octanol–water partition coefficient (Wildman–Crippen LogP) is 10.2. The Hall–Kier alpha value is -2.76. The second kappa shape index (κ2) is 37.1. The van der Waals surface area contributed by atoms with Gasteiger partial charge in [0.25, 0.3) is 0 Å². The van der Waals surface area contributed by atoms with E-state index in [1.165, 1.54) is 89.3 Å². The first kappa shape index (κ1) is 61.4. The number of aromatic nitrogens is 2. The molecule has 1 aromatic rings. The van der Waals surface area contributed by atoms with Crippen LogP contribution in [0.25, 0.3) is 0 Å². The Labute approximate surface area is 405 Å². The number of carbonyl (C=O) groups excluding carboxylic acids is 2. The van der Waals surface area contributed by atoms with Gasteiger partial charge in [0, 0.05) is 19.0 Å². The second-order valence-corrected chi connectivity index (χ2v) is 20.7. The van der Waals surface area contributed by atoms with Crippen LogP contribution in [0.3, 0.4) is 0 Å². The van der Waals surface area contributed by atoms with Crippen molar-refractivity contribution in [3.63, 3.8) is 0 Å². The third-order valence-corrected chi connectivity index (χ3v) is 14.1. The Bertz CT molecular complexity index is 1720. The molecule has 0 bridgehead atoms. The molecule has 0 aromatic carbocycles. The SMILES string of the molecule is CCCCCCCC/C=C/CCCCCCCC(=O)OCC(COP(=O)(OCC1OC(n2ccc(N)nc2=O)C(O)C1O)OP(=O)(O)O)OC(=O)CCCCCCC/C=C/CCCCCCCC. The zero-order chi connectivity index (χ0) is 49.9. The maximum atomic E-state index is 13.6. The highest BCUT2D eigenvalue weighted by Gasteiger charge is 2.46. The molecule has 0 saturated carbocycles. The number of phosphoric ester groups is 1. The second-order valence-electron chi connectivity index (χ2n) is 17.7. The standard InChI is InChI=1S/C48H85N3O15P2/c1-3-5-7-9-11-13-15-17-19-21-23-25-27-29-31-33-43(52)61-37-40(64-44(53)34-32-30-28-26-24-22-20-18-16-14-12-10-8-6-4-2)38-62-68(60,66-67(57,58)59)63-39-41-45(54)46(55)47(65-41)51-36-35-42(49)50-48(51)56/h17-20,35-36,40-41,45-47,54-55H,3-16,21-34,37-39H2,1-2H3,(H2,49,50,56)(H2,57,58,59)/b19-17+,20-18+. The molecule has 1 aliphatic rings. The number of aliphatic hydroxyl groups excluding tert-OH is 2. The highest BCUT2D eigenvalue weighted by molar-refractivity contribution is 7.61. The average Bonchev–Trinajstić information content (AvgIpc) is 3.57. The van der Waals surface area contributed by atoms with Crippen molar-refractivity contribution in [3.8, 4) is 0 Å². The van der Waals surface area contributed by atoms with E-state index in [0.717, 1.165) is 81.6 Å². The molecule has 2 rings (SSSR count). The average molecular weight is 1010 g/mol. The molecule has 1 aromatic heterocycles. The van der Waals surface area contributed by atoms with Crippen LogP contribution in [0.1, 0.15) is 200 Å². The molecule has 0 spiro atoms. The lowest BCUT2D eigenvalue weighted by Crippen LogP contribution is -2.36. The van der Waals surface area contributed by atoms with Gasteiger partial charge in [0.2, 0.25) is 0 Å². The minimum Gasteiger partial charge on any atom is -0.462 e. The lowest BCUT2D eigenvalue weighted by atomic mass is 10.1. The first-order chi connectivity index (χ1) is 32.7. The first-order valence-electron chi connectivity index (χ1n) is 25.3. The summed E-state index contributed by atoms with van der Waals surface area (Å²) in [5, 5.41) is 21.2. The van der Waals surface area contributed by atoms with Crippen LogP contribution >= 0.6 is 15.6 Å². The van der Waals surface area contributed by atoms with Crippen molar-refractivity contribution in [1.82, 2.24) is 9.55 Å². The number of unbranched alkanes of at least 4 members (excludes halogenated alkanes) is 22. The maximum Gasteiger partial charge on any atom is 0.483 e. The number of rotatable bonds is 42. The number of ether oxygens (including phenoxy) is 3. The largest absolute Gasteiger partial charge is 0.483 e. The number of aliphatic hydroxyl groups is 2. The predicted molar refractivity (Wildman–Crippen MR) is 261 cm³/mol. The molecule has 0 amide bonds. The Balaban J connectivity index is 1.90. The lowest BCUT2D eigenvalue weighted by molar-refractivity contribution is -0.161. The fourth-order valence-corrected chi connectivity index (χ4v) is 9.74. The van der Waals surface area contributed by atoms with Crippen molar-refractivity contribution in [2.24, 2.45) is 0 Å². The van der Waals surface area contributed by atoms with Gasteiger partial charge in [-0.3, -0.25) is 23.2 Å². The van der Waals surface area contributed by atoms with Crippen LogP contribution in [0.15, 0.2) is 41.4 Å². The number of allylic oxidation sites excluding steroid dienone is 4. The van der Waals surface area contributed by atoms with Gasteiger partial charge in [0.15, 0.2) is 12.3 Å². The summed E-state index contributed by atoms with van der Waals surface area (Å²) >= 11 is 0. The minimum absolute atomic E-state index is 0.0255. The summed E-state index contributed by atoms with van der Waals surface area (Å²) in [5.41, 5.74) is 4.62. The van der Waals surface area contributed by atoms with Gasteiger partial charge in [-0.1, -0.05) is 141 Å². The fourth-order valence-electron chi connectivity index (χ4n) is 7.57. The summed E-state index contributed by atoms with van der Waals surface area (Å²) in [6.07, 6.45) is 30.8. The van der Waals surface area contributed by atoms with Crippen LogP contribution in [0.2, 0.25) is 0 Å². The molecule has 392 valence electrons. The Morgan fingerprint density at radius 2 is 1.18 bits per heavy atom. The molecule has 20 heteroatoms. The fraction of sp³-hybridized carbons (Fsp3) is 0.792. The van der Waals surface area contributed by atoms with E-state index in [1.807, 2.05) is 0 Å². The molecule has 2 heterocycles. The van der Waals surface area contributed by atoms with Crippen LogP contribution in [0, 0.1) is 0 Å². The number of nitrogens with zero attached hydrogens (tertiary/aromatic N) is 2. The zero-order valence-electron chi connectivity index (χ0n) is 40.9. The Kier molecular flexibility index (Phi) is 33.5. The minimum atomic E-state index is -5.57. The maximum absolute atomic E-state index is 13.6. The van der Waals surface area contributed by atoms with Crippen molar-refractivity contribution in [1.29, 1.82) is 0 Å². The number of hydrogen-bond acceptors (Lipinski definition) is 15. The van der Waals surface area contributed by atoms with Gasteiger partial charge in [0.05, 0.1) is 13.2 Å². The third-order valence-electron chi connectivity index (χ3n) is 11.5. The van der Waals surface area contributed by atoms with E-state index >= 15 is 0 Å². The molecular formula is C48H85N3O15P2. The smallest absolute Gasteiger partial charge is 0.462 e. The molecule has 6 unspecified atom stereocenters. The number of esters is 2. The molecule has 6 atom stereocenters. The normalized spacial score (nSPS) is 18.9. The van der Waals surface area contributed by atoms with E-state index < -0.39 is 83.7 Å². The van der Waals surface area contributed by atoms with Crippen LogP contribution in [-0.2, 0) is 46.3 Å². The topological polar surface area (TPSA) is 265 Å². The van der Waals surface area contributed by atoms with Crippen molar-refractivity contribution < 1.29 is 66.3 Å². The van der Waals surface area contributed by atoms with Crippen molar-refractivity contribution in [2.45, 2.75) is 224 Å². The van der Waals surface area contributed by atoms with E-state index in [-0.39, 0.29) is 18.7 Å². The Morgan fingerprint density at radius 3 is 1.66 bits per heavy atom. The summed E-state index contributed by atoms with van der Waals surface area (Å²) in [4.78, 5) is 60.8. The van der Waals surface area contributed by atoms with Gasteiger partial charge < -0.3 is 39.9 Å². The molecule has 18 nitrogen and oxygen atoms in total. The lowest BCUT2D eigenvalue weighted by Gasteiger charge is -2.23. The van der Waals surface area contributed by atoms with Crippen molar-refractivity contribution in [2.75, 3.05) is 25.6 Å². The van der Waals surface area contributed by atoms with Crippen LogP contribution in [-0.4, -0.2) is 85.7 Å². The summed E-state index contributed by atoms with van der Waals surface area (Å²) < 4.78 is 57.7.